The number of non-ortho nitro benzene ring substituents is 1. The molecule has 144 valence electrons. The molecule has 0 radical (unpaired) electrons. The molecule has 3 aromatic rings. The van der Waals surface area contributed by atoms with Gasteiger partial charge >= 0.3 is 0 Å². The topological polar surface area (TPSA) is 92.3 Å². The van der Waals surface area contributed by atoms with Gasteiger partial charge in [-0.3, -0.25) is 14.7 Å². The van der Waals surface area contributed by atoms with Gasteiger partial charge in [0.05, 0.1) is 17.2 Å². The van der Waals surface area contributed by atoms with Crippen molar-refractivity contribution in [2.45, 2.75) is 31.4 Å². The molecule has 2 aromatic carbocycles. The van der Waals surface area contributed by atoms with Gasteiger partial charge in [-0.05, 0) is 25.5 Å². The van der Waals surface area contributed by atoms with Crippen LogP contribution in [0, 0.1) is 24.0 Å². The summed E-state index contributed by atoms with van der Waals surface area (Å²) in [4.78, 5) is 10.9. The zero-order valence-corrected chi connectivity index (χ0v) is 16.2. The Hall–Kier alpha value is -2.91. The van der Waals surface area contributed by atoms with E-state index in [4.69, 9.17) is 9.47 Å². The Morgan fingerprint density at radius 1 is 1.25 bits per heavy atom. The maximum Gasteiger partial charge on any atom is 0.270 e. The van der Waals surface area contributed by atoms with Crippen LogP contribution in [0.4, 0.5) is 5.69 Å². The number of nitro groups is 1. The molecule has 9 heteroatoms. The zero-order chi connectivity index (χ0) is 19.7. The van der Waals surface area contributed by atoms with E-state index >= 15 is 0 Å². The molecule has 0 saturated heterocycles. The van der Waals surface area contributed by atoms with Crippen LogP contribution in [-0.4, -0.2) is 26.5 Å². The summed E-state index contributed by atoms with van der Waals surface area (Å²) in [5.74, 6) is 1.90. The lowest BCUT2D eigenvalue weighted by Crippen LogP contribution is -2.13. The maximum absolute atomic E-state index is 11.3. The number of aryl methyl sites for hydroxylation is 2. The fourth-order valence-electron chi connectivity index (χ4n) is 3.16. The van der Waals surface area contributed by atoms with Gasteiger partial charge in [0.15, 0.2) is 11.9 Å². The van der Waals surface area contributed by atoms with Crippen LogP contribution in [0.2, 0.25) is 0 Å². The van der Waals surface area contributed by atoms with Crippen LogP contribution in [0.5, 0.6) is 5.75 Å². The molecule has 0 bridgehead atoms. The van der Waals surface area contributed by atoms with E-state index in [2.05, 4.69) is 10.2 Å². The predicted octanol–water partition coefficient (Wildman–Crippen LogP) is 3.95. The molecule has 0 spiro atoms. The second-order valence-electron chi connectivity index (χ2n) is 6.40. The average molecular weight is 398 g/mol. The van der Waals surface area contributed by atoms with Crippen molar-refractivity contribution in [3.63, 3.8) is 0 Å². The Bertz CT molecular complexity index is 1050. The Kier molecular flexibility index (Phi) is 5.01. The van der Waals surface area contributed by atoms with Crippen molar-refractivity contribution in [1.82, 2.24) is 14.8 Å². The van der Waals surface area contributed by atoms with Crippen LogP contribution >= 0.6 is 11.8 Å². The van der Waals surface area contributed by atoms with Gasteiger partial charge in [-0.25, -0.2) is 0 Å². The van der Waals surface area contributed by atoms with E-state index in [1.54, 1.807) is 6.07 Å². The van der Waals surface area contributed by atoms with Gasteiger partial charge < -0.3 is 9.47 Å². The monoisotopic (exact) mass is 398 g/mol. The molecule has 1 aliphatic heterocycles. The summed E-state index contributed by atoms with van der Waals surface area (Å²) in [7, 11) is 0. The minimum absolute atomic E-state index is 0.0278. The summed E-state index contributed by atoms with van der Waals surface area (Å²) in [5, 5.41) is 20.5. The van der Waals surface area contributed by atoms with Crippen LogP contribution < -0.4 is 4.74 Å². The second kappa shape index (κ2) is 7.61. The van der Waals surface area contributed by atoms with Crippen LogP contribution in [-0.2, 0) is 17.1 Å². The molecule has 0 amide bonds. The molecule has 4 rings (SSSR count). The second-order valence-corrected chi connectivity index (χ2v) is 7.34. The Morgan fingerprint density at radius 2 is 2.07 bits per heavy atom. The molecule has 1 aromatic heterocycles. The minimum Gasteiger partial charge on any atom is -0.467 e. The third-order valence-corrected chi connectivity index (χ3v) is 5.47. The molecule has 0 fully saturated rings. The molecule has 1 aliphatic rings. The number of thioether (sulfide) groups is 1. The van der Waals surface area contributed by atoms with E-state index in [9.17, 15) is 10.1 Å². The number of aromatic nitrogens is 3. The van der Waals surface area contributed by atoms with E-state index in [1.165, 1.54) is 17.8 Å². The summed E-state index contributed by atoms with van der Waals surface area (Å²) in [6.45, 7) is 4.38. The maximum atomic E-state index is 11.3. The molecule has 0 aliphatic carbocycles. The largest absolute Gasteiger partial charge is 0.467 e. The molecule has 0 unspecified atom stereocenters. The summed E-state index contributed by atoms with van der Waals surface area (Å²) in [6.07, 6.45) is 0. The van der Waals surface area contributed by atoms with Crippen LogP contribution in [0.1, 0.15) is 22.5 Å². The van der Waals surface area contributed by atoms with Gasteiger partial charge in [-0.2, -0.15) is 0 Å². The number of hydrogen-bond acceptors (Lipinski definition) is 7. The Balaban J connectivity index is 1.67. The van der Waals surface area contributed by atoms with Crippen molar-refractivity contribution < 1.29 is 14.4 Å². The minimum atomic E-state index is -0.400. The lowest BCUT2D eigenvalue weighted by Gasteiger charge is -2.20. The van der Waals surface area contributed by atoms with Gasteiger partial charge in [0, 0.05) is 29.0 Å². The molecule has 0 atom stereocenters. The highest BCUT2D eigenvalue weighted by Crippen LogP contribution is 2.36. The first-order chi connectivity index (χ1) is 13.5. The first-order valence-corrected chi connectivity index (χ1v) is 9.64. The number of nitrogens with zero attached hydrogens (tertiary/aromatic N) is 4. The number of rotatable bonds is 5. The molecular formula is C19H18N4O4S. The fourth-order valence-corrected chi connectivity index (χ4v) is 4.12. The van der Waals surface area contributed by atoms with E-state index < -0.39 is 4.92 Å². The normalized spacial score (nSPS) is 13.1. The van der Waals surface area contributed by atoms with Crippen LogP contribution in [0.15, 0.2) is 41.6 Å². The van der Waals surface area contributed by atoms with Crippen molar-refractivity contribution in [3.05, 3.63) is 69.0 Å². The number of benzene rings is 2. The van der Waals surface area contributed by atoms with Crippen LogP contribution in [0.25, 0.3) is 5.69 Å². The molecule has 8 nitrogen and oxygen atoms in total. The highest BCUT2D eigenvalue weighted by atomic mass is 32.2. The van der Waals surface area contributed by atoms with Crippen molar-refractivity contribution in [1.29, 1.82) is 0 Å². The number of nitro benzene ring substituents is 1. The molecule has 2 heterocycles. The summed E-state index contributed by atoms with van der Waals surface area (Å²) in [6, 6.07) is 11.1. The van der Waals surface area contributed by atoms with Gasteiger partial charge in [0.2, 0.25) is 0 Å². The quantitative estimate of drug-likeness (QED) is 0.365. The SMILES string of the molecule is Cc1ccccc1-n1c(C)nnc1SCc1cc([N+](=O)[O-])cc2c1OCOC2. The number of fused-ring (bicyclic) bond motifs is 1. The van der Waals surface area contributed by atoms with E-state index in [-0.39, 0.29) is 12.5 Å². The molecule has 28 heavy (non-hydrogen) atoms. The lowest BCUT2D eigenvalue weighted by atomic mass is 10.1. The number of para-hydroxylation sites is 1. The third kappa shape index (κ3) is 3.46. The number of ether oxygens (including phenoxy) is 2. The van der Waals surface area contributed by atoms with Crippen molar-refractivity contribution in [2.24, 2.45) is 0 Å². The Morgan fingerprint density at radius 3 is 2.86 bits per heavy atom. The van der Waals surface area contributed by atoms with Crippen molar-refractivity contribution in [3.8, 4) is 11.4 Å². The smallest absolute Gasteiger partial charge is 0.270 e. The summed E-state index contributed by atoms with van der Waals surface area (Å²) >= 11 is 1.46. The standard InChI is InChI=1S/C19H18N4O4S/c1-12-5-3-4-6-17(12)22-13(2)20-21-19(22)28-10-15-8-16(23(24)25)7-14-9-26-11-27-18(14)15/h3-8H,9-11H2,1-2H3. The summed E-state index contributed by atoms with van der Waals surface area (Å²) in [5.41, 5.74) is 3.58. The van der Waals surface area contributed by atoms with Gasteiger partial charge in [-0.15, -0.1) is 10.2 Å². The first-order valence-electron chi connectivity index (χ1n) is 8.66. The summed E-state index contributed by atoms with van der Waals surface area (Å²) < 4.78 is 12.9. The van der Waals surface area contributed by atoms with E-state index in [0.717, 1.165) is 27.8 Å². The van der Waals surface area contributed by atoms with E-state index in [1.807, 2.05) is 42.7 Å². The fraction of sp³-hybridized carbons (Fsp3) is 0.263. The average Bonchev–Trinajstić information content (AvgIpc) is 3.06. The third-order valence-electron chi connectivity index (χ3n) is 4.49. The van der Waals surface area contributed by atoms with Gasteiger partial charge in [0.1, 0.15) is 11.6 Å². The number of hydrogen-bond donors (Lipinski definition) is 0. The predicted molar refractivity (Wildman–Crippen MR) is 104 cm³/mol. The zero-order valence-electron chi connectivity index (χ0n) is 15.4. The van der Waals surface area contributed by atoms with Gasteiger partial charge in [0.25, 0.3) is 5.69 Å². The highest BCUT2D eigenvalue weighted by Gasteiger charge is 2.22. The van der Waals surface area contributed by atoms with Crippen molar-refractivity contribution in [2.75, 3.05) is 6.79 Å². The Labute approximate surface area is 165 Å². The lowest BCUT2D eigenvalue weighted by molar-refractivity contribution is -0.385. The van der Waals surface area contributed by atoms with Gasteiger partial charge in [-0.1, -0.05) is 30.0 Å². The molecule has 0 N–H and O–H groups in total. The first kappa shape index (κ1) is 18.5. The highest BCUT2D eigenvalue weighted by molar-refractivity contribution is 7.98. The molecule has 0 saturated carbocycles. The van der Waals surface area contributed by atoms with Crippen LogP contribution in [0.3, 0.4) is 0 Å². The molecular weight excluding hydrogens is 380 g/mol. The van der Waals surface area contributed by atoms with Crippen molar-refractivity contribution >= 4 is 17.4 Å². The van der Waals surface area contributed by atoms with E-state index in [0.29, 0.717) is 23.7 Å².